The molecule has 90 valence electrons. The maximum Gasteiger partial charge on any atom is 0.338 e. The van der Waals surface area contributed by atoms with Crippen molar-refractivity contribution < 1.29 is 24.2 Å². The van der Waals surface area contributed by atoms with Gasteiger partial charge in [-0.2, -0.15) is 0 Å². The maximum absolute atomic E-state index is 11.3. The summed E-state index contributed by atoms with van der Waals surface area (Å²) in [6, 6.07) is 3.83. The Balaban J connectivity index is 3.02. The highest BCUT2D eigenvalue weighted by Crippen LogP contribution is 2.31. The fraction of sp³-hybridized carbons (Fsp3) is 0.167. The van der Waals surface area contributed by atoms with E-state index in [-0.39, 0.29) is 22.8 Å². The van der Waals surface area contributed by atoms with Crippen molar-refractivity contribution in [2.75, 3.05) is 0 Å². The fourth-order valence-electron chi connectivity index (χ4n) is 1.00. The van der Waals surface area contributed by atoms with Crippen LogP contribution < -0.4 is 9.47 Å². The van der Waals surface area contributed by atoms with E-state index >= 15 is 0 Å². The lowest BCUT2D eigenvalue weighted by Gasteiger charge is -2.09. The molecule has 0 fully saturated rings. The zero-order valence-corrected chi connectivity index (χ0v) is 9.52. The van der Waals surface area contributed by atoms with Crippen molar-refractivity contribution in [2.45, 2.75) is 13.8 Å². The highest BCUT2D eigenvalue weighted by Gasteiger charge is 2.13. The molecule has 17 heavy (non-hydrogen) atoms. The number of benzene rings is 1. The van der Waals surface area contributed by atoms with E-state index in [9.17, 15) is 14.7 Å². The molecule has 0 unspecified atom stereocenters. The summed E-state index contributed by atoms with van der Waals surface area (Å²) in [4.78, 5) is 22.1. The van der Waals surface area contributed by atoms with Gasteiger partial charge in [0.25, 0.3) is 0 Å². The van der Waals surface area contributed by atoms with Gasteiger partial charge in [-0.05, 0) is 19.1 Å². The molecule has 0 radical (unpaired) electrons. The summed E-state index contributed by atoms with van der Waals surface area (Å²) in [5, 5.41) is 9.27. The zero-order chi connectivity index (χ0) is 13.0. The standard InChI is InChI=1S/C12H12O5/c1-7(2)12(15)17-11-6-9(14)4-5-10(11)16-8(3)13/h4-6,14H,1H2,2-3H3. The lowest BCUT2D eigenvalue weighted by Crippen LogP contribution is -2.10. The van der Waals surface area contributed by atoms with Crippen LogP contribution in [0.2, 0.25) is 0 Å². The van der Waals surface area contributed by atoms with E-state index in [1.54, 1.807) is 0 Å². The van der Waals surface area contributed by atoms with Crippen LogP contribution in [0.1, 0.15) is 13.8 Å². The molecule has 0 aliphatic carbocycles. The van der Waals surface area contributed by atoms with Crippen molar-refractivity contribution in [3.8, 4) is 17.2 Å². The first-order valence-electron chi connectivity index (χ1n) is 4.79. The van der Waals surface area contributed by atoms with Crippen LogP contribution in [0, 0.1) is 0 Å². The first-order chi connectivity index (χ1) is 7.90. The summed E-state index contributed by atoms with van der Waals surface area (Å²) in [6.45, 7) is 6.12. The van der Waals surface area contributed by atoms with E-state index in [0.29, 0.717) is 0 Å². The van der Waals surface area contributed by atoms with Gasteiger partial charge in [-0.1, -0.05) is 6.58 Å². The van der Waals surface area contributed by atoms with Crippen molar-refractivity contribution >= 4 is 11.9 Å². The Morgan fingerprint density at radius 2 is 1.82 bits per heavy atom. The van der Waals surface area contributed by atoms with E-state index in [4.69, 9.17) is 9.47 Å². The summed E-state index contributed by atoms with van der Waals surface area (Å²) in [7, 11) is 0. The van der Waals surface area contributed by atoms with Gasteiger partial charge in [0.2, 0.25) is 0 Å². The Hall–Kier alpha value is -2.30. The number of hydrogen-bond acceptors (Lipinski definition) is 5. The van der Waals surface area contributed by atoms with Crippen molar-refractivity contribution in [2.24, 2.45) is 0 Å². The van der Waals surface area contributed by atoms with Crippen LogP contribution in [-0.2, 0) is 9.59 Å². The molecule has 0 aromatic heterocycles. The average molecular weight is 236 g/mol. The Morgan fingerprint density at radius 1 is 1.18 bits per heavy atom. The van der Waals surface area contributed by atoms with Crippen LogP contribution in [0.3, 0.4) is 0 Å². The van der Waals surface area contributed by atoms with E-state index in [1.165, 1.54) is 32.0 Å². The van der Waals surface area contributed by atoms with E-state index in [0.717, 1.165) is 0 Å². The summed E-state index contributed by atoms with van der Waals surface area (Å²) in [5.74, 6) is -1.30. The van der Waals surface area contributed by atoms with Crippen molar-refractivity contribution in [3.63, 3.8) is 0 Å². The number of ether oxygens (including phenoxy) is 2. The van der Waals surface area contributed by atoms with Gasteiger partial charge in [0.1, 0.15) is 5.75 Å². The SMILES string of the molecule is C=C(C)C(=O)Oc1cc(O)ccc1OC(C)=O. The fourth-order valence-corrected chi connectivity index (χ4v) is 1.00. The van der Waals surface area contributed by atoms with Gasteiger partial charge in [0, 0.05) is 18.6 Å². The molecule has 5 nitrogen and oxygen atoms in total. The first-order valence-corrected chi connectivity index (χ1v) is 4.79. The minimum Gasteiger partial charge on any atom is -0.508 e. The number of hydrogen-bond donors (Lipinski definition) is 1. The lowest BCUT2D eigenvalue weighted by atomic mass is 10.3. The van der Waals surface area contributed by atoms with Gasteiger partial charge in [-0.3, -0.25) is 4.79 Å². The van der Waals surface area contributed by atoms with E-state index < -0.39 is 11.9 Å². The number of rotatable bonds is 3. The molecule has 0 spiro atoms. The monoisotopic (exact) mass is 236 g/mol. The van der Waals surface area contributed by atoms with Crippen LogP contribution in [0.5, 0.6) is 17.2 Å². The second-order valence-corrected chi connectivity index (χ2v) is 3.39. The van der Waals surface area contributed by atoms with E-state index in [2.05, 4.69) is 6.58 Å². The van der Waals surface area contributed by atoms with Crippen molar-refractivity contribution in [3.05, 3.63) is 30.4 Å². The van der Waals surface area contributed by atoms with Crippen LogP contribution in [0.4, 0.5) is 0 Å². The number of carbonyl (C=O) groups is 2. The number of esters is 2. The Labute approximate surface area is 98.3 Å². The predicted molar refractivity (Wildman–Crippen MR) is 59.9 cm³/mol. The third-order valence-corrected chi connectivity index (χ3v) is 1.73. The number of phenols is 1. The normalized spacial score (nSPS) is 9.53. The summed E-state index contributed by atoms with van der Waals surface area (Å²) in [6.07, 6.45) is 0. The Kier molecular flexibility index (Phi) is 3.87. The second kappa shape index (κ2) is 5.16. The van der Waals surface area contributed by atoms with Gasteiger partial charge in [0.15, 0.2) is 11.5 Å². The average Bonchev–Trinajstić information content (AvgIpc) is 2.21. The van der Waals surface area contributed by atoms with Crippen LogP contribution in [-0.4, -0.2) is 17.0 Å². The van der Waals surface area contributed by atoms with Crippen molar-refractivity contribution in [1.29, 1.82) is 0 Å². The molecule has 0 amide bonds. The molecule has 0 bridgehead atoms. The molecule has 0 aliphatic heterocycles. The summed E-state index contributed by atoms with van der Waals surface area (Å²) >= 11 is 0. The molecule has 0 saturated heterocycles. The predicted octanol–water partition coefficient (Wildman–Crippen LogP) is 1.80. The van der Waals surface area contributed by atoms with Crippen LogP contribution >= 0.6 is 0 Å². The molecular weight excluding hydrogens is 224 g/mol. The maximum atomic E-state index is 11.3. The molecule has 1 aromatic carbocycles. The van der Waals surface area contributed by atoms with Gasteiger partial charge in [0.05, 0.1) is 0 Å². The largest absolute Gasteiger partial charge is 0.508 e. The van der Waals surface area contributed by atoms with Gasteiger partial charge in [-0.15, -0.1) is 0 Å². The smallest absolute Gasteiger partial charge is 0.338 e. The second-order valence-electron chi connectivity index (χ2n) is 3.39. The highest BCUT2D eigenvalue weighted by atomic mass is 16.6. The Bertz CT molecular complexity index is 476. The molecule has 1 rings (SSSR count). The lowest BCUT2D eigenvalue weighted by molar-refractivity contribution is -0.133. The van der Waals surface area contributed by atoms with E-state index in [1.807, 2.05) is 0 Å². The summed E-state index contributed by atoms with van der Waals surface area (Å²) < 4.78 is 9.74. The Morgan fingerprint density at radius 3 is 2.35 bits per heavy atom. The third-order valence-electron chi connectivity index (χ3n) is 1.73. The molecule has 0 heterocycles. The number of carbonyl (C=O) groups excluding carboxylic acids is 2. The molecular formula is C12H12O5. The van der Waals surface area contributed by atoms with Crippen LogP contribution in [0.15, 0.2) is 30.4 Å². The van der Waals surface area contributed by atoms with Crippen LogP contribution in [0.25, 0.3) is 0 Å². The zero-order valence-electron chi connectivity index (χ0n) is 9.52. The molecule has 1 N–H and O–H groups in total. The number of aromatic hydroxyl groups is 1. The minimum absolute atomic E-state index is 0.0341. The molecule has 1 aromatic rings. The number of phenolic OH excluding ortho intramolecular Hbond substituents is 1. The van der Waals surface area contributed by atoms with Gasteiger partial charge >= 0.3 is 11.9 Å². The molecule has 0 atom stereocenters. The highest BCUT2D eigenvalue weighted by molar-refractivity contribution is 5.89. The van der Waals surface area contributed by atoms with Crippen molar-refractivity contribution in [1.82, 2.24) is 0 Å². The topological polar surface area (TPSA) is 72.8 Å². The molecule has 0 saturated carbocycles. The minimum atomic E-state index is -0.663. The van der Waals surface area contributed by atoms with Gasteiger partial charge in [-0.25, -0.2) is 4.79 Å². The summed E-state index contributed by atoms with van der Waals surface area (Å²) in [5.41, 5.74) is 0.196. The third kappa shape index (κ3) is 3.64. The van der Waals surface area contributed by atoms with Gasteiger partial charge < -0.3 is 14.6 Å². The molecule has 5 heteroatoms. The first kappa shape index (κ1) is 12.8. The quantitative estimate of drug-likeness (QED) is 0.492. The molecule has 0 aliphatic rings.